The number of carbonyl (C=O) groups excluding carboxylic acids is 3. The van der Waals surface area contributed by atoms with Gasteiger partial charge in [0, 0.05) is 16.9 Å². The fourth-order valence-corrected chi connectivity index (χ4v) is 3.08. The third kappa shape index (κ3) is 3.01. The normalized spacial score (nSPS) is 12.8. The molecule has 1 heterocycles. The second-order valence-electron chi connectivity index (χ2n) is 6.62. The van der Waals surface area contributed by atoms with E-state index in [-0.39, 0.29) is 17.0 Å². The SMILES string of the molecule is Cc1ccc(N2C(=O)c3ccc(C(=O)Nc4ccc(N)cc4)cc3C2=O)cc1. The highest BCUT2D eigenvalue weighted by molar-refractivity contribution is 6.34. The number of nitrogens with two attached hydrogens (primary N) is 1. The number of hydrogen-bond donors (Lipinski definition) is 2. The topological polar surface area (TPSA) is 92.5 Å². The Labute approximate surface area is 161 Å². The summed E-state index contributed by atoms with van der Waals surface area (Å²) < 4.78 is 0. The molecule has 0 radical (unpaired) electrons. The summed E-state index contributed by atoms with van der Waals surface area (Å²) in [6.45, 7) is 1.93. The molecular weight excluding hydrogens is 354 g/mol. The second-order valence-corrected chi connectivity index (χ2v) is 6.62. The van der Waals surface area contributed by atoms with Gasteiger partial charge in [-0.05, 0) is 61.5 Å². The zero-order chi connectivity index (χ0) is 19.8. The lowest BCUT2D eigenvalue weighted by atomic mass is 10.1. The predicted molar refractivity (Wildman–Crippen MR) is 108 cm³/mol. The largest absolute Gasteiger partial charge is 0.399 e. The van der Waals surface area contributed by atoms with E-state index in [1.165, 1.54) is 18.2 Å². The van der Waals surface area contributed by atoms with E-state index in [0.29, 0.717) is 22.6 Å². The summed E-state index contributed by atoms with van der Waals surface area (Å²) in [5.41, 5.74) is 9.15. The maximum atomic E-state index is 12.8. The summed E-state index contributed by atoms with van der Waals surface area (Å²) >= 11 is 0. The van der Waals surface area contributed by atoms with Crippen molar-refractivity contribution in [2.75, 3.05) is 16.0 Å². The number of amides is 3. The maximum absolute atomic E-state index is 12.8. The minimum Gasteiger partial charge on any atom is -0.399 e. The van der Waals surface area contributed by atoms with Crippen LogP contribution in [0, 0.1) is 6.92 Å². The first-order chi connectivity index (χ1) is 13.4. The molecule has 0 saturated heterocycles. The standard InChI is InChI=1S/C22H17N3O3/c1-13-2-9-17(10-3-13)25-21(27)18-11-4-14(12-19(18)22(25)28)20(26)24-16-7-5-15(23)6-8-16/h2-12H,23H2,1H3,(H,24,26). The Morgan fingerprint density at radius 3 is 2.18 bits per heavy atom. The zero-order valence-electron chi connectivity index (χ0n) is 15.1. The van der Waals surface area contributed by atoms with Crippen LogP contribution in [0.15, 0.2) is 66.7 Å². The molecule has 1 aliphatic rings. The fraction of sp³-hybridized carbons (Fsp3) is 0.0455. The number of carbonyl (C=O) groups is 3. The Balaban J connectivity index is 1.62. The number of hydrogen-bond acceptors (Lipinski definition) is 4. The summed E-state index contributed by atoms with van der Waals surface area (Å²) in [7, 11) is 0. The molecule has 4 rings (SSSR count). The first-order valence-corrected chi connectivity index (χ1v) is 8.70. The van der Waals surface area contributed by atoms with Gasteiger partial charge in [-0.25, -0.2) is 4.90 Å². The van der Waals surface area contributed by atoms with Gasteiger partial charge in [-0.15, -0.1) is 0 Å². The smallest absolute Gasteiger partial charge is 0.266 e. The van der Waals surface area contributed by atoms with Gasteiger partial charge in [0.05, 0.1) is 16.8 Å². The maximum Gasteiger partial charge on any atom is 0.266 e. The Bertz CT molecular complexity index is 1100. The molecule has 0 aliphatic carbocycles. The molecule has 138 valence electrons. The van der Waals surface area contributed by atoms with Crippen molar-refractivity contribution in [2.45, 2.75) is 6.92 Å². The van der Waals surface area contributed by atoms with Gasteiger partial charge in [-0.2, -0.15) is 0 Å². The number of nitrogens with one attached hydrogen (secondary N) is 1. The highest BCUT2D eigenvalue weighted by Crippen LogP contribution is 2.29. The van der Waals surface area contributed by atoms with Gasteiger partial charge in [-0.1, -0.05) is 17.7 Å². The number of benzene rings is 3. The highest BCUT2D eigenvalue weighted by atomic mass is 16.2. The van der Waals surface area contributed by atoms with Crippen LogP contribution in [0.25, 0.3) is 0 Å². The van der Waals surface area contributed by atoms with E-state index in [9.17, 15) is 14.4 Å². The average molecular weight is 371 g/mol. The minimum absolute atomic E-state index is 0.218. The summed E-state index contributed by atoms with van der Waals surface area (Å²) in [5, 5.41) is 2.75. The predicted octanol–water partition coefficient (Wildman–Crippen LogP) is 3.63. The van der Waals surface area contributed by atoms with Crippen LogP contribution in [-0.4, -0.2) is 17.7 Å². The van der Waals surface area contributed by atoms with Gasteiger partial charge >= 0.3 is 0 Å². The highest BCUT2D eigenvalue weighted by Gasteiger charge is 2.37. The van der Waals surface area contributed by atoms with E-state index in [2.05, 4.69) is 5.32 Å². The number of fused-ring (bicyclic) bond motifs is 1. The van der Waals surface area contributed by atoms with Crippen molar-refractivity contribution in [3.8, 4) is 0 Å². The van der Waals surface area contributed by atoms with Crippen LogP contribution in [0.3, 0.4) is 0 Å². The first-order valence-electron chi connectivity index (χ1n) is 8.70. The van der Waals surface area contributed by atoms with Crippen LogP contribution in [-0.2, 0) is 0 Å². The average Bonchev–Trinajstić information content (AvgIpc) is 2.94. The van der Waals surface area contributed by atoms with Crippen molar-refractivity contribution in [3.05, 3.63) is 89.0 Å². The van der Waals surface area contributed by atoms with Crippen LogP contribution >= 0.6 is 0 Å². The molecule has 6 heteroatoms. The van der Waals surface area contributed by atoms with E-state index < -0.39 is 11.8 Å². The second kappa shape index (κ2) is 6.66. The number of nitrogen functional groups attached to an aromatic ring is 1. The number of anilines is 3. The molecule has 0 atom stereocenters. The van der Waals surface area contributed by atoms with Gasteiger partial charge in [0.15, 0.2) is 0 Å². The van der Waals surface area contributed by atoms with Crippen LogP contribution in [0.1, 0.15) is 36.6 Å². The molecule has 0 aromatic heterocycles. The van der Waals surface area contributed by atoms with Crippen LogP contribution in [0.5, 0.6) is 0 Å². The number of nitrogens with zero attached hydrogens (tertiary/aromatic N) is 1. The zero-order valence-corrected chi connectivity index (χ0v) is 15.1. The van der Waals surface area contributed by atoms with E-state index in [1.54, 1.807) is 36.4 Å². The third-order valence-corrected chi connectivity index (χ3v) is 4.61. The molecule has 6 nitrogen and oxygen atoms in total. The number of aryl methyl sites for hydroxylation is 1. The first kappa shape index (κ1) is 17.5. The van der Waals surface area contributed by atoms with Crippen LogP contribution in [0.2, 0.25) is 0 Å². The van der Waals surface area contributed by atoms with Gasteiger partial charge < -0.3 is 11.1 Å². The molecule has 28 heavy (non-hydrogen) atoms. The molecule has 0 spiro atoms. The molecule has 3 amide bonds. The summed E-state index contributed by atoms with van der Waals surface area (Å²) in [6, 6.07) is 18.4. The van der Waals surface area contributed by atoms with Crippen molar-refractivity contribution in [3.63, 3.8) is 0 Å². The van der Waals surface area contributed by atoms with E-state index in [0.717, 1.165) is 10.5 Å². The lowest BCUT2D eigenvalue weighted by Gasteiger charge is -2.13. The van der Waals surface area contributed by atoms with Crippen molar-refractivity contribution in [2.24, 2.45) is 0 Å². The molecule has 3 aromatic rings. The molecule has 3 aromatic carbocycles. The minimum atomic E-state index is -0.439. The number of imide groups is 1. The fourth-order valence-electron chi connectivity index (χ4n) is 3.08. The Kier molecular flexibility index (Phi) is 4.16. The summed E-state index contributed by atoms with van der Waals surface area (Å²) in [6.07, 6.45) is 0. The third-order valence-electron chi connectivity index (χ3n) is 4.61. The van der Waals surface area contributed by atoms with Crippen molar-refractivity contribution in [1.29, 1.82) is 0 Å². The van der Waals surface area contributed by atoms with Gasteiger partial charge in [0.1, 0.15) is 0 Å². The molecule has 0 saturated carbocycles. The van der Waals surface area contributed by atoms with Gasteiger partial charge in [0.2, 0.25) is 0 Å². The van der Waals surface area contributed by atoms with Gasteiger partial charge in [-0.3, -0.25) is 14.4 Å². The molecule has 1 aliphatic heterocycles. The monoisotopic (exact) mass is 371 g/mol. The van der Waals surface area contributed by atoms with E-state index in [4.69, 9.17) is 5.73 Å². The quantitative estimate of drug-likeness (QED) is 0.543. The molecule has 3 N–H and O–H groups in total. The Morgan fingerprint density at radius 1 is 0.857 bits per heavy atom. The summed E-state index contributed by atoms with van der Waals surface area (Å²) in [4.78, 5) is 39.2. The Hall–Kier alpha value is -3.93. The molecular formula is C22H17N3O3. The summed E-state index contributed by atoms with van der Waals surface area (Å²) in [5.74, 6) is -1.21. The lowest BCUT2D eigenvalue weighted by Crippen LogP contribution is -2.29. The van der Waals surface area contributed by atoms with Gasteiger partial charge in [0.25, 0.3) is 17.7 Å². The molecule has 0 fully saturated rings. The molecule has 0 unspecified atom stereocenters. The van der Waals surface area contributed by atoms with Crippen molar-refractivity contribution < 1.29 is 14.4 Å². The van der Waals surface area contributed by atoms with Crippen LogP contribution in [0.4, 0.5) is 17.1 Å². The Morgan fingerprint density at radius 2 is 1.50 bits per heavy atom. The van der Waals surface area contributed by atoms with Crippen molar-refractivity contribution >= 4 is 34.8 Å². The lowest BCUT2D eigenvalue weighted by molar-refractivity contribution is 0.0925. The molecule has 0 bridgehead atoms. The van der Waals surface area contributed by atoms with Crippen LogP contribution < -0.4 is 16.0 Å². The van der Waals surface area contributed by atoms with E-state index >= 15 is 0 Å². The number of rotatable bonds is 3. The van der Waals surface area contributed by atoms with Crippen molar-refractivity contribution in [1.82, 2.24) is 0 Å². The van der Waals surface area contributed by atoms with E-state index in [1.807, 2.05) is 19.1 Å².